The van der Waals surface area contributed by atoms with Crippen molar-refractivity contribution in [1.82, 2.24) is 10.3 Å². The lowest BCUT2D eigenvalue weighted by Crippen LogP contribution is -2.43. The molecule has 0 aliphatic carbocycles. The molecule has 0 aliphatic heterocycles. The molecule has 0 aliphatic rings. The fourth-order valence-electron chi connectivity index (χ4n) is 1.67. The van der Waals surface area contributed by atoms with Gasteiger partial charge in [0.15, 0.2) is 0 Å². The van der Waals surface area contributed by atoms with E-state index in [0.717, 1.165) is 0 Å². The summed E-state index contributed by atoms with van der Waals surface area (Å²) in [7, 11) is 3.70. The van der Waals surface area contributed by atoms with Crippen molar-refractivity contribution in [2.75, 3.05) is 19.0 Å². The summed E-state index contributed by atoms with van der Waals surface area (Å²) in [6, 6.07) is 3.33. The van der Waals surface area contributed by atoms with Crippen LogP contribution < -0.4 is 10.2 Å². The molecule has 110 valence electrons. The number of nitrogens with zero attached hydrogens (tertiary/aromatic N) is 2. The summed E-state index contributed by atoms with van der Waals surface area (Å²) < 4.78 is 0. The van der Waals surface area contributed by atoms with E-state index < -0.39 is 11.5 Å². The Labute approximate surface area is 118 Å². The van der Waals surface area contributed by atoms with E-state index in [-0.39, 0.29) is 12.3 Å². The number of carbonyl (C=O) groups is 2. The van der Waals surface area contributed by atoms with E-state index in [2.05, 4.69) is 10.3 Å². The van der Waals surface area contributed by atoms with Crippen LogP contribution >= 0.6 is 0 Å². The Morgan fingerprint density at radius 2 is 2.05 bits per heavy atom. The minimum absolute atomic E-state index is 0.0204. The summed E-state index contributed by atoms with van der Waals surface area (Å²) in [5.41, 5.74) is -0.0658. The van der Waals surface area contributed by atoms with Crippen LogP contribution in [0.25, 0.3) is 0 Å². The second kappa shape index (κ2) is 6.36. The average molecular weight is 279 g/mol. The lowest BCUT2D eigenvalue weighted by molar-refractivity contribution is -0.137. The van der Waals surface area contributed by atoms with Crippen LogP contribution in [0.1, 0.15) is 37.0 Å². The molecule has 20 heavy (non-hydrogen) atoms. The molecule has 0 radical (unpaired) electrons. The molecule has 6 nitrogen and oxygen atoms in total. The van der Waals surface area contributed by atoms with Crippen molar-refractivity contribution in [3.63, 3.8) is 0 Å². The fraction of sp³-hybridized carbons (Fsp3) is 0.500. The van der Waals surface area contributed by atoms with Crippen LogP contribution in [0.15, 0.2) is 18.3 Å². The van der Waals surface area contributed by atoms with Crippen molar-refractivity contribution >= 4 is 17.7 Å². The number of aromatic nitrogens is 1. The normalized spacial score (nSPS) is 11.0. The third-order valence-corrected chi connectivity index (χ3v) is 2.88. The predicted molar refractivity (Wildman–Crippen MR) is 77.0 cm³/mol. The van der Waals surface area contributed by atoms with Gasteiger partial charge in [-0.2, -0.15) is 0 Å². The third kappa shape index (κ3) is 4.87. The van der Waals surface area contributed by atoms with Gasteiger partial charge in [0.25, 0.3) is 5.91 Å². The molecule has 1 aromatic rings. The average Bonchev–Trinajstić information content (AvgIpc) is 2.36. The molecule has 0 saturated carbocycles. The van der Waals surface area contributed by atoms with Crippen LogP contribution in [0.5, 0.6) is 0 Å². The smallest absolute Gasteiger partial charge is 0.303 e. The molecule has 0 atom stereocenters. The number of rotatable bonds is 6. The molecule has 0 spiro atoms. The number of amides is 1. The van der Waals surface area contributed by atoms with Gasteiger partial charge >= 0.3 is 5.97 Å². The zero-order chi connectivity index (χ0) is 15.3. The molecule has 0 aromatic carbocycles. The monoisotopic (exact) mass is 279 g/mol. The summed E-state index contributed by atoms with van der Waals surface area (Å²) in [5.74, 6) is -0.405. The lowest BCUT2D eigenvalue weighted by atomic mass is 9.98. The first-order valence-corrected chi connectivity index (χ1v) is 6.39. The predicted octanol–water partition coefficient (Wildman–Crippen LogP) is 1.52. The van der Waals surface area contributed by atoms with Gasteiger partial charge in [-0.15, -0.1) is 0 Å². The van der Waals surface area contributed by atoms with Gasteiger partial charge in [-0.3, -0.25) is 9.59 Å². The first-order chi connectivity index (χ1) is 9.21. The number of hydrogen-bond donors (Lipinski definition) is 2. The van der Waals surface area contributed by atoms with Gasteiger partial charge in [-0.1, -0.05) is 0 Å². The summed E-state index contributed by atoms with van der Waals surface area (Å²) in [4.78, 5) is 28.7. The van der Waals surface area contributed by atoms with E-state index >= 15 is 0 Å². The van der Waals surface area contributed by atoms with Gasteiger partial charge in [0, 0.05) is 37.8 Å². The standard InChI is InChI=1S/C14H21N3O3/c1-14(2,7-5-12(18)19)16-13(20)10-6-8-15-11(9-10)17(3)4/h6,8-9H,5,7H2,1-4H3,(H,16,20)(H,18,19). The highest BCUT2D eigenvalue weighted by atomic mass is 16.4. The molecule has 2 N–H and O–H groups in total. The second-order valence-corrected chi connectivity index (χ2v) is 5.53. The van der Waals surface area contributed by atoms with Crippen molar-refractivity contribution in [2.24, 2.45) is 0 Å². The zero-order valence-corrected chi connectivity index (χ0v) is 12.3. The lowest BCUT2D eigenvalue weighted by Gasteiger charge is -2.25. The molecule has 1 rings (SSSR count). The molecule has 0 saturated heterocycles. The SMILES string of the molecule is CN(C)c1cc(C(=O)NC(C)(C)CCC(=O)O)ccn1. The van der Waals surface area contributed by atoms with Crippen molar-refractivity contribution in [3.8, 4) is 0 Å². The van der Waals surface area contributed by atoms with E-state index in [9.17, 15) is 9.59 Å². The quantitative estimate of drug-likeness (QED) is 0.825. The number of carboxylic acid groups (broad SMARTS) is 1. The molecule has 1 amide bonds. The number of hydrogen-bond acceptors (Lipinski definition) is 4. The molecule has 1 heterocycles. The Kier molecular flexibility index (Phi) is 5.07. The number of carbonyl (C=O) groups excluding carboxylic acids is 1. The van der Waals surface area contributed by atoms with Gasteiger partial charge in [0.05, 0.1) is 0 Å². The summed E-state index contributed by atoms with van der Waals surface area (Å²) >= 11 is 0. The number of nitrogens with one attached hydrogen (secondary N) is 1. The zero-order valence-electron chi connectivity index (χ0n) is 12.3. The topological polar surface area (TPSA) is 82.5 Å². The summed E-state index contributed by atoms with van der Waals surface area (Å²) in [6.07, 6.45) is 1.97. The maximum atomic E-state index is 12.2. The van der Waals surface area contributed by atoms with Crippen LogP contribution in [0, 0.1) is 0 Å². The third-order valence-electron chi connectivity index (χ3n) is 2.88. The fourth-order valence-corrected chi connectivity index (χ4v) is 1.67. The van der Waals surface area contributed by atoms with Crippen molar-refractivity contribution in [2.45, 2.75) is 32.2 Å². The Balaban J connectivity index is 2.75. The molecule has 0 unspecified atom stereocenters. The minimum Gasteiger partial charge on any atom is -0.481 e. The maximum absolute atomic E-state index is 12.2. The number of anilines is 1. The van der Waals surface area contributed by atoms with Crippen LogP contribution in [-0.2, 0) is 4.79 Å². The molecule has 0 bridgehead atoms. The van der Waals surface area contributed by atoms with Gasteiger partial charge in [-0.05, 0) is 32.4 Å². The highest BCUT2D eigenvalue weighted by Crippen LogP contribution is 2.14. The maximum Gasteiger partial charge on any atom is 0.303 e. The first-order valence-electron chi connectivity index (χ1n) is 6.39. The van der Waals surface area contributed by atoms with E-state index in [1.165, 1.54) is 0 Å². The van der Waals surface area contributed by atoms with Crippen molar-refractivity contribution < 1.29 is 14.7 Å². The number of carboxylic acids is 1. The van der Waals surface area contributed by atoms with E-state index in [4.69, 9.17) is 5.11 Å². The number of aliphatic carboxylic acids is 1. The molecule has 0 fully saturated rings. The van der Waals surface area contributed by atoms with Gasteiger partial charge < -0.3 is 15.3 Å². The molecule has 1 aromatic heterocycles. The highest BCUT2D eigenvalue weighted by molar-refractivity contribution is 5.95. The molecule has 6 heteroatoms. The summed E-state index contributed by atoms with van der Waals surface area (Å²) in [6.45, 7) is 3.61. The van der Waals surface area contributed by atoms with Gasteiger partial charge in [-0.25, -0.2) is 4.98 Å². The van der Waals surface area contributed by atoms with Crippen LogP contribution in [0.4, 0.5) is 5.82 Å². The van der Waals surface area contributed by atoms with Gasteiger partial charge in [0.2, 0.25) is 0 Å². The highest BCUT2D eigenvalue weighted by Gasteiger charge is 2.22. The summed E-state index contributed by atoms with van der Waals surface area (Å²) in [5, 5.41) is 11.5. The molecular weight excluding hydrogens is 258 g/mol. The van der Waals surface area contributed by atoms with Crippen molar-refractivity contribution in [3.05, 3.63) is 23.9 Å². The van der Waals surface area contributed by atoms with Crippen LogP contribution in [0.3, 0.4) is 0 Å². The Morgan fingerprint density at radius 3 is 2.60 bits per heavy atom. The molecular formula is C14H21N3O3. The largest absolute Gasteiger partial charge is 0.481 e. The Morgan fingerprint density at radius 1 is 1.40 bits per heavy atom. The van der Waals surface area contributed by atoms with E-state index in [1.807, 2.05) is 32.8 Å². The van der Waals surface area contributed by atoms with Gasteiger partial charge in [0.1, 0.15) is 5.82 Å². The Hall–Kier alpha value is -2.11. The van der Waals surface area contributed by atoms with E-state index in [1.54, 1.807) is 18.3 Å². The van der Waals surface area contributed by atoms with Crippen LogP contribution in [0.2, 0.25) is 0 Å². The van der Waals surface area contributed by atoms with E-state index in [0.29, 0.717) is 17.8 Å². The van der Waals surface area contributed by atoms with Crippen molar-refractivity contribution in [1.29, 1.82) is 0 Å². The first kappa shape index (κ1) is 15.9. The number of pyridine rings is 1. The Bertz CT molecular complexity index is 498. The second-order valence-electron chi connectivity index (χ2n) is 5.53. The van der Waals surface area contributed by atoms with Crippen LogP contribution in [-0.4, -0.2) is 41.6 Å². The minimum atomic E-state index is -0.869.